The molecule has 1 N–H and O–H groups in total. The smallest absolute Gasteiger partial charge is 0.251 e. The summed E-state index contributed by atoms with van der Waals surface area (Å²) in [5.74, 6) is -0.0573. The minimum atomic E-state index is -0.0573. The molecule has 1 aromatic heterocycles. The van der Waals surface area contributed by atoms with Crippen molar-refractivity contribution in [2.75, 3.05) is 14.1 Å². The number of hydrogen-bond donors (Lipinski definition) is 1. The fourth-order valence-corrected chi connectivity index (χ4v) is 3.14. The van der Waals surface area contributed by atoms with E-state index in [9.17, 15) is 4.79 Å². The molecule has 2 aromatic rings. The quantitative estimate of drug-likeness (QED) is 0.918. The fraction of sp³-hybridized carbons (Fsp3) is 0.267. The average Bonchev–Trinajstić information content (AvgIpc) is 2.84. The van der Waals surface area contributed by atoms with E-state index in [2.05, 4.69) is 23.3 Å². The SMILES string of the molecule is CNC(=O)c1ccc(CN(C)Cc2ccc(Cl)s2)cc1. The predicted octanol–water partition coefficient (Wildman–Crippen LogP) is 3.39. The van der Waals surface area contributed by atoms with Gasteiger partial charge in [0.05, 0.1) is 4.34 Å². The summed E-state index contributed by atoms with van der Waals surface area (Å²) in [6, 6.07) is 11.7. The monoisotopic (exact) mass is 308 g/mol. The number of carbonyl (C=O) groups excluding carboxylic acids is 1. The van der Waals surface area contributed by atoms with E-state index in [1.165, 1.54) is 10.4 Å². The van der Waals surface area contributed by atoms with Gasteiger partial charge in [0.2, 0.25) is 0 Å². The van der Waals surface area contributed by atoms with Crippen LogP contribution < -0.4 is 5.32 Å². The van der Waals surface area contributed by atoms with Crippen LogP contribution in [0.25, 0.3) is 0 Å². The Morgan fingerprint density at radius 3 is 2.45 bits per heavy atom. The van der Waals surface area contributed by atoms with Gasteiger partial charge in [0.25, 0.3) is 5.91 Å². The van der Waals surface area contributed by atoms with Gasteiger partial charge in [-0.25, -0.2) is 0 Å². The lowest BCUT2D eigenvalue weighted by Gasteiger charge is -2.15. The highest BCUT2D eigenvalue weighted by molar-refractivity contribution is 7.16. The first-order valence-corrected chi connectivity index (χ1v) is 7.51. The average molecular weight is 309 g/mol. The third-order valence-corrected chi connectivity index (χ3v) is 4.17. The van der Waals surface area contributed by atoms with Crippen LogP contribution in [0.15, 0.2) is 36.4 Å². The van der Waals surface area contributed by atoms with Crippen LogP contribution >= 0.6 is 22.9 Å². The van der Waals surface area contributed by atoms with Crippen LogP contribution in [0.5, 0.6) is 0 Å². The normalized spacial score (nSPS) is 10.8. The summed E-state index contributed by atoms with van der Waals surface area (Å²) in [5.41, 5.74) is 1.87. The Bertz CT molecular complexity index is 580. The lowest BCUT2D eigenvalue weighted by molar-refractivity contribution is 0.0963. The molecule has 0 aliphatic rings. The molecule has 0 unspecified atom stereocenters. The van der Waals surface area contributed by atoms with Crippen molar-refractivity contribution in [1.82, 2.24) is 10.2 Å². The van der Waals surface area contributed by atoms with Crippen LogP contribution in [-0.2, 0) is 13.1 Å². The van der Waals surface area contributed by atoms with E-state index in [4.69, 9.17) is 11.6 Å². The third kappa shape index (κ3) is 4.07. The number of carbonyl (C=O) groups is 1. The standard InChI is InChI=1S/C15H17ClN2OS/c1-17-15(19)12-5-3-11(4-6-12)9-18(2)10-13-7-8-14(16)20-13/h3-8H,9-10H2,1-2H3,(H,17,19). The lowest BCUT2D eigenvalue weighted by atomic mass is 10.1. The molecule has 0 saturated carbocycles. The maximum Gasteiger partial charge on any atom is 0.251 e. The molecule has 0 atom stereocenters. The predicted molar refractivity (Wildman–Crippen MR) is 84.3 cm³/mol. The fourth-order valence-electron chi connectivity index (χ4n) is 1.98. The number of halogens is 1. The zero-order chi connectivity index (χ0) is 14.5. The van der Waals surface area contributed by atoms with Gasteiger partial charge in [-0.15, -0.1) is 11.3 Å². The minimum absolute atomic E-state index is 0.0573. The highest BCUT2D eigenvalue weighted by Gasteiger charge is 2.06. The maximum absolute atomic E-state index is 11.5. The number of amides is 1. The molecule has 0 saturated heterocycles. The largest absolute Gasteiger partial charge is 0.355 e. The zero-order valence-corrected chi connectivity index (χ0v) is 13.1. The first-order chi connectivity index (χ1) is 9.58. The molecule has 0 aliphatic carbocycles. The molecule has 0 aliphatic heterocycles. The molecule has 3 nitrogen and oxygen atoms in total. The maximum atomic E-state index is 11.5. The summed E-state index contributed by atoms with van der Waals surface area (Å²) in [7, 11) is 3.70. The van der Waals surface area contributed by atoms with E-state index < -0.39 is 0 Å². The van der Waals surface area contributed by atoms with Crippen molar-refractivity contribution in [2.24, 2.45) is 0 Å². The van der Waals surface area contributed by atoms with Gasteiger partial charge in [-0.2, -0.15) is 0 Å². The molecule has 0 spiro atoms. The number of rotatable bonds is 5. The van der Waals surface area contributed by atoms with Gasteiger partial charge < -0.3 is 5.32 Å². The topological polar surface area (TPSA) is 32.3 Å². The molecule has 0 bridgehead atoms. The van der Waals surface area contributed by atoms with Crippen LogP contribution in [0.1, 0.15) is 20.8 Å². The Labute approximate surface area is 128 Å². The van der Waals surface area contributed by atoms with Crippen LogP contribution in [-0.4, -0.2) is 24.9 Å². The highest BCUT2D eigenvalue weighted by Crippen LogP contribution is 2.22. The van der Waals surface area contributed by atoms with Crippen molar-refractivity contribution in [2.45, 2.75) is 13.1 Å². The van der Waals surface area contributed by atoms with Gasteiger partial charge in [-0.05, 0) is 36.9 Å². The van der Waals surface area contributed by atoms with E-state index in [0.29, 0.717) is 5.56 Å². The number of nitrogens with zero attached hydrogens (tertiary/aromatic N) is 1. The molecule has 1 amide bonds. The van der Waals surface area contributed by atoms with E-state index in [1.807, 2.05) is 30.3 Å². The summed E-state index contributed by atoms with van der Waals surface area (Å²) < 4.78 is 0.823. The van der Waals surface area contributed by atoms with Gasteiger partial charge in [0.1, 0.15) is 0 Å². The van der Waals surface area contributed by atoms with E-state index in [0.717, 1.165) is 17.4 Å². The van der Waals surface area contributed by atoms with Gasteiger partial charge >= 0.3 is 0 Å². The summed E-state index contributed by atoms with van der Waals surface area (Å²) >= 11 is 7.53. The Balaban J connectivity index is 1.94. The van der Waals surface area contributed by atoms with Crippen molar-refractivity contribution >= 4 is 28.8 Å². The van der Waals surface area contributed by atoms with Crippen molar-refractivity contribution in [3.8, 4) is 0 Å². The van der Waals surface area contributed by atoms with Crippen LogP contribution in [0.2, 0.25) is 4.34 Å². The molecule has 106 valence electrons. The van der Waals surface area contributed by atoms with Crippen molar-refractivity contribution < 1.29 is 4.79 Å². The van der Waals surface area contributed by atoms with E-state index in [1.54, 1.807) is 18.4 Å². The lowest BCUT2D eigenvalue weighted by Crippen LogP contribution is -2.18. The second kappa shape index (κ2) is 6.88. The van der Waals surface area contributed by atoms with Gasteiger partial charge in [0.15, 0.2) is 0 Å². The van der Waals surface area contributed by atoms with Crippen molar-refractivity contribution in [1.29, 1.82) is 0 Å². The zero-order valence-electron chi connectivity index (χ0n) is 11.5. The van der Waals surface area contributed by atoms with Crippen LogP contribution in [0.3, 0.4) is 0 Å². The summed E-state index contributed by atoms with van der Waals surface area (Å²) in [6.07, 6.45) is 0. The second-order valence-electron chi connectivity index (χ2n) is 4.65. The highest BCUT2D eigenvalue weighted by atomic mass is 35.5. The summed E-state index contributed by atoms with van der Waals surface area (Å²) in [4.78, 5) is 14.9. The molecule has 1 aromatic carbocycles. The van der Waals surface area contributed by atoms with Crippen molar-refractivity contribution in [3.05, 3.63) is 56.7 Å². The first-order valence-electron chi connectivity index (χ1n) is 6.32. The molecule has 1 heterocycles. The molecular weight excluding hydrogens is 292 g/mol. The Morgan fingerprint density at radius 1 is 1.20 bits per heavy atom. The van der Waals surface area contributed by atoms with Crippen LogP contribution in [0, 0.1) is 0 Å². The number of thiophene rings is 1. The van der Waals surface area contributed by atoms with Gasteiger partial charge in [0, 0.05) is 30.6 Å². The van der Waals surface area contributed by atoms with E-state index >= 15 is 0 Å². The molecule has 0 radical (unpaired) electrons. The summed E-state index contributed by atoms with van der Waals surface area (Å²) in [6.45, 7) is 1.71. The van der Waals surface area contributed by atoms with Gasteiger partial charge in [-0.3, -0.25) is 9.69 Å². The second-order valence-corrected chi connectivity index (χ2v) is 6.45. The van der Waals surface area contributed by atoms with Gasteiger partial charge in [-0.1, -0.05) is 23.7 Å². The molecule has 5 heteroatoms. The molecular formula is C15H17ClN2OS. The molecule has 0 fully saturated rings. The van der Waals surface area contributed by atoms with Crippen molar-refractivity contribution in [3.63, 3.8) is 0 Å². The third-order valence-electron chi connectivity index (χ3n) is 2.95. The summed E-state index contributed by atoms with van der Waals surface area (Å²) in [5, 5.41) is 2.62. The number of hydrogen-bond acceptors (Lipinski definition) is 3. The minimum Gasteiger partial charge on any atom is -0.355 e. The van der Waals surface area contributed by atoms with Crippen LogP contribution in [0.4, 0.5) is 0 Å². The first kappa shape index (κ1) is 15.0. The Hall–Kier alpha value is -1.36. The molecule has 20 heavy (non-hydrogen) atoms. The number of benzene rings is 1. The molecule has 2 rings (SSSR count). The Kier molecular flexibility index (Phi) is 5.17. The van der Waals surface area contributed by atoms with E-state index in [-0.39, 0.29) is 5.91 Å². The Morgan fingerprint density at radius 2 is 1.90 bits per heavy atom. The number of nitrogens with one attached hydrogen (secondary N) is 1.